The summed E-state index contributed by atoms with van der Waals surface area (Å²) in [7, 11) is -3.63. The third kappa shape index (κ3) is 4.99. The molecule has 0 saturated heterocycles. The molecule has 2 heterocycles. The van der Waals surface area contributed by atoms with Gasteiger partial charge in [0.2, 0.25) is 15.9 Å². The zero-order valence-electron chi connectivity index (χ0n) is 14.7. The summed E-state index contributed by atoms with van der Waals surface area (Å²) >= 11 is 0. The lowest BCUT2D eigenvalue weighted by Crippen LogP contribution is -2.27. The molecule has 0 radical (unpaired) electrons. The number of hydrogen-bond acceptors (Lipinski definition) is 5. The number of carbonyl (C=O) groups is 1. The van der Waals surface area contributed by atoms with Crippen LogP contribution >= 0.6 is 0 Å². The fourth-order valence-electron chi connectivity index (χ4n) is 2.46. The molecular weight excluding hydrogens is 366 g/mol. The lowest BCUT2D eigenvalue weighted by molar-refractivity contribution is -0.114. The van der Waals surface area contributed by atoms with Crippen LogP contribution in [0.25, 0.3) is 11.3 Å². The molecule has 0 unspecified atom stereocenters. The van der Waals surface area contributed by atoms with Gasteiger partial charge in [-0.2, -0.15) is 5.10 Å². The fourth-order valence-corrected chi connectivity index (χ4v) is 3.48. The maximum atomic E-state index is 12.3. The molecule has 0 aliphatic carbocycles. The monoisotopic (exact) mass is 385 g/mol. The summed E-state index contributed by atoms with van der Waals surface area (Å²) in [6.45, 7) is 1.99. The van der Waals surface area contributed by atoms with Crippen LogP contribution < -0.4 is 10.0 Å². The van der Waals surface area contributed by atoms with E-state index in [1.807, 2.05) is 18.2 Å². The van der Waals surface area contributed by atoms with Crippen molar-refractivity contribution >= 4 is 21.6 Å². The molecule has 2 N–H and O–H groups in total. The first-order valence-electron chi connectivity index (χ1n) is 8.25. The molecule has 0 aliphatic rings. The smallest absolute Gasteiger partial charge is 0.240 e. The van der Waals surface area contributed by atoms with Gasteiger partial charge in [-0.1, -0.05) is 0 Å². The van der Waals surface area contributed by atoms with Crippen molar-refractivity contribution in [2.75, 3.05) is 11.9 Å². The van der Waals surface area contributed by atoms with Crippen molar-refractivity contribution < 1.29 is 13.2 Å². The maximum Gasteiger partial charge on any atom is 0.240 e. The van der Waals surface area contributed by atoms with Crippen LogP contribution in [-0.2, 0) is 21.4 Å². The molecule has 0 bridgehead atoms. The quantitative estimate of drug-likeness (QED) is 0.646. The van der Waals surface area contributed by atoms with E-state index < -0.39 is 10.0 Å². The first-order chi connectivity index (χ1) is 12.9. The van der Waals surface area contributed by atoms with Gasteiger partial charge in [0.15, 0.2) is 0 Å². The summed E-state index contributed by atoms with van der Waals surface area (Å²) in [5.41, 5.74) is 2.29. The molecule has 8 nitrogen and oxygen atoms in total. The van der Waals surface area contributed by atoms with Crippen molar-refractivity contribution in [3.05, 3.63) is 61.1 Å². The third-order valence-corrected chi connectivity index (χ3v) is 5.21. The number of anilines is 1. The van der Waals surface area contributed by atoms with Crippen LogP contribution in [0, 0.1) is 0 Å². The number of hydrogen-bond donors (Lipinski definition) is 2. The minimum atomic E-state index is -3.63. The number of benzene rings is 1. The number of sulfonamides is 1. The second-order valence-corrected chi connectivity index (χ2v) is 7.57. The Labute approximate surface area is 157 Å². The first-order valence-corrected chi connectivity index (χ1v) is 9.73. The topological polar surface area (TPSA) is 106 Å². The standard InChI is InChI=1S/C18H19N5O3S/c1-14(24)21-16-2-4-17(5-3-16)27(25,26)20-11-13-23-12-8-18(22-23)15-6-9-19-10-7-15/h2-10,12,20H,11,13H2,1H3,(H,21,24). The van der Waals surface area contributed by atoms with Crippen LogP contribution in [-0.4, -0.2) is 35.6 Å². The van der Waals surface area contributed by atoms with Crippen LogP contribution in [0.4, 0.5) is 5.69 Å². The highest BCUT2D eigenvalue weighted by molar-refractivity contribution is 7.89. The Bertz CT molecular complexity index is 1010. The van der Waals surface area contributed by atoms with E-state index in [1.165, 1.54) is 19.1 Å². The van der Waals surface area contributed by atoms with Crippen molar-refractivity contribution in [1.82, 2.24) is 19.5 Å². The van der Waals surface area contributed by atoms with Gasteiger partial charge < -0.3 is 5.32 Å². The van der Waals surface area contributed by atoms with Crippen LogP contribution in [0.2, 0.25) is 0 Å². The molecule has 0 saturated carbocycles. The molecule has 0 spiro atoms. The Morgan fingerprint density at radius 1 is 1.07 bits per heavy atom. The van der Waals surface area contributed by atoms with Crippen LogP contribution in [0.15, 0.2) is 66.0 Å². The van der Waals surface area contributed by atoms with Crippen LogP contribution in [0.1, 0.15) is 6.92 Å². The number of aromatic nitrogens is 3. The minimum Gasteiger partial charge on any atom is -0.326 e. The average Bonchev–Trinajstić information content (AvgIpc) is 3.11. The normalized spacial score (nSPS) is 11.3. The zero-order valence-corrected chi connectivity index (χ0v) is 15.5. The van der Waals surface area contributed by atoms with E-state index in [0.717, 1.165) is 11.3 Å². The van der Waals surface area contributed by atoms with Gasteiger partial charge in [0.05, 0.1) is 17.1 Å². The molecule has 27 heavy (non-hydrogen) atoms. The number of pyridine rings is 1. The van der Waals surface area contributed by atoms with Crippen LogP contribution in [0.5, 0.6) is 0 Å². The highest BCUT2D eigenvalue weighted by Crippen LogP contribution is 2.15. The molecule has 0 fully saturated rings. The van der Waals surface area contributed by atoms with E-state index >= 15 is 0 Å². The molecule has 140 valence electrons. The van der Waals surface area contributed by atoms with Crippen LogP contribution in [0.3, 0.4) is 0 Å². The largest absolute Gasteiger partial charge is 0.326 e. The van der Waals surface area contributed by atoms with Crippen molar-refractivity contribution in [3.63, 3.8) is 0 Å². The van der Waals surface area contributed by atoms with Gasteiger partial charge in [0.1, 0.15) is 0 Å². The number of nitrogens with one attached hydrogen (secondary N) is 2. The Balaban J connectivity index is 1.58. The van der Waals surface area contributed by atoms with Gasteiger partial charge in [-0.15, -0.1) is 0 Å². The summed E-state index contributed by atoms with van der Waals surface area (Å²) in [6.07, 6.45) is 5.19. The zero-order chi connectivity index (χ0) is 19.3. The second-order valence-electron chi connectivity index (χ2n) is 5.80. The molecule has 0 aliphatic heterocycles. The van der Waals surface area contributed by atoms with E-state index in [9.17, 15) is 13.2 Å². The summed E-state index contributed by atoms with van der Waals surface area (Å²) < 4.78 is 28.9. The second kappa shape index (κ2) is 8.11. The minimum absolute atomic E-state index is 0.134. The Kier molecular flexibility index (Phi) is 5.63. The van der Waals surface area contributed by atoms with Gasteiger partial charge in [-0.25, -0.2) is 13.1 Å². The van der Waals surface area contributed by atoms with E-state index in [2.05, 4.69) is 20.1 Å². The summed E-state index contributed by atoms with van der Waals surface area (Å²) in [6, 6.07) is 11.6. The molecule has 3 aromatic rings. The van der Waals surface area contributed by atoms with Crippen molar-refractivity contribution in [2.24, 2.45) is 0 Å². The van der Waals surface area contributed by atoms with Gasteiger partial charge in [0.25, 0.3) is 0 Å². The molecule has 3 rings (SSSR count). The van der Waals surface area contributed by atoms with E-state index in [1.54, 1.807) is 35.4 Å². The SMILES string of the molecule is CC(=O)Nc1ccc(S(=O)(=O)NCCn2ccc(-c3ccncc3)n2)cc1. The summed E-state index contributed by atoms with van der Waals surface area (Å²) in [5, 5.41) is 7.02. The first kappa shape index (κ1) is 18.7. The Morgan fingerprint density at radius 3 is 2.44 bits per heavy atom. The molecule has 2 aromatic heterocycles. The molecule has 1 aromatic carbocycles. The van der Waals surface area contributed by atoms with Crippen molar-refractivity contribution in [3.8, 4) is 11.3 Å². The third-order valence-electron chi connectivity index (χ3n) is 3.73. The van der Waals surface area contributed by atoms with E-state index in [0.29, 0.717) is 12.2 Å². The molecular formula is C18H19N5O3S. The Morgan fingerprint density at radius 2 is 1.78 bits per heavy atom. The predicted molar refractivity (Wildman–Crippen MR) is 101 cm³/mol. The van der Waals surface area contributed by atoms with E-state index in [-0.39, 0.29) is 17.3 Å². The fraction of sp³-hybridized carbons (Fsp3) is 0.167. The van der Waals surface area contributed by atoms with Gasteiger partial charge in [-0.05, 0) is 42.5 Å². The number of rotatable bonds is 7. The van der Waals surface area contributed by atoms with Gasteiger partial charge in [0, 0.05) is 43.3 Å². The van der Waals surface area contributed by atoms with Crippen molar-refractivity contribution in [1.29, 1.82) is 0 Å². The summed E-state index contributed by atoms with van der Waals surface area (Å²) in [4.78, 5) is 15.1. The lowest BCUT2D eigenvalue weighted by atomic mass is 10.2. The van der Waals surface area contributed by atoms with Gasteiger partial charge in [-0.3, -0.25) is 14.5 Å². The highest BCUT2D eigenvalue weighted by atomic mass is 32.2. The van der Waals surface area contributed by atoms with Crippen molar-refractivity contribution in [2.45, 2.75) is 18.4 Å². The maximum absolute atomic E-state index is 12.3. The summed E-state index contributed by atoms with van der Waals surface area (Å²) in [5.74, 6) is -0.214. The highest BCUT2D eigenvalue weighted by Gasteiger charge is 2.13. The predicted octanol–water partition coefficient (Wildman–Crippen LogP) is 1.88. The average molecular weight is 385 g/mol. The molecule has 1 amide bonds. The number of carbonyl (C=O) groups excluding carboxylic acids is 1. The molecule has 0 atom stereocenters. The lowest BCUT2D eigenvalue weighted by Gasteiger charge is -2.08. The number of amides is 1. The molecule has 9 heteroatoms. The van der Waals surface area contributed by atoms with E-state index in [4.69, 9.17) is 0 Å². The Hall–Kier alpha value is -3.04. The number of nitrogens with zero attached hydrogens (tertiary/aromatic N) is 3. The van der Waals surface area contributed by atoms with Gasteiger partial charge >= 0.3 is 0 Å².